The van der Waals surface area contributed by atoms with Gasteiger partial charge < -0.3 is 9.88 Å². The van der Waals surface area contributed by atoms with E-state index in [-0.39, 0.29) is 5.54 Å². The molecular weight excluding hydrogens is 392 g/mol. The molecular formula is C28H36N4. The monoisotopic (exact) mass is 428 g/mol. The lowest BCUT2D eigenvalue weighted by molar-refractivity contribution is 0.0362. The van der Waals surface area contributed by atoms with Crippen molar-refractivity contribution < 1.29 is 0 Å². The number of para-hydroxylation sites is 2. The van der Waals surface area contributed by atoms with Gasteiger partial charge in [0, 0.05) is 31.2 Å². The van der Waals surface area contributed by atoms with Gasteiger partial charge in [0.1, 0.15) is 0 Å². The lowest BCUT2D eigenvalue weighted by atomic mass is 9.79. The highest BCUT2D eigenvalue weighted by Gasteiger charge is 2.40. The molecule has 1 saturated heterocycles. The van der Waals surface area contributed by atoms with Gasteiger partial charge in [0.15, 0.2) is 0 Å². The van der Waals surface area contributed by atoms with Gasteiger partial charge in [-0.3, -0.25) is 4.90 Å². The molecule has 5 rings (SSSR count). The summed E-state index contributed by atoms with van der Waals surface area (Å²) >= 11 is 0. The molecule has 2 heterocycles. The van der Waals surface area contributed by atoms with Crippen molar-refractivity contribution >= 4 is 17.0 Å². The molecule has 1 aliphatic heterocycles. The van der Waals surface area contributed by atoms with Gasteiger partial charge in [0.05, 0.1) is 11.0 Å². The van der Waals surface area contributed by atoms with Crippen LogP contribution in [0.2, 0.25) is 0 Å². The number of hydrogen-bond donors (Lipinski definition) is 1. The summed E-state index contributed by atoms with van der Waals surface area (Å²) < 4.78 is 2.46. The predicted octanol–water partition coefficient (Wildman–Crippen LogP) is 6.52. The maximum Gasteiger partial charge on any atom is 0.204 e. The first-order chi connectivity index (χ1) is 15.8. The van der Waals surface area contributed by atoms with Crippen molar-refractivity contribution in [2.45, 2.75) is 62.9 Å². The number of likely N-dealkylation sites (tertiary alicyclic amines) is 1. The average molecular weight is 429 g/mol. The number of hydrogen-bond acceptors (Lipinski definition) is 3. The van der Waals surface area contributed by atoms with E-state index in [1.54, 1.807) is 0 Å². The van der Waals surface area contributed by atoms with Crippen molar-refractivity contribution in [2.75, 3.05) is 25.0 Å². The molecule has 1 aromatic heterocycles. The number of fused-ring (bicyclic) bond motifs is 1. The number of nitrogens with one attached hydrogen (secondary N) is 1. The van der Waals surface area contributed by atoms with Crippen molar-refractivity contribution in [3.05, 3.63) is 72.8 Å². The summed E-state index contributed by atoms with van der Waals surface area (Å²) in [4.78, 5) is 7.73. The van der Waals surface area contributed by atoms with Gasteiger partial charge in [-0.15, -0.1) is 6.58 Å². The van der Waals surface area contributed by atoms with E-state index in [1.807, 2.05) is 6.08 Å². The number of imidazole rings is 1. The predicted molar refractivity (Wildman–Crippen MR) is 134 cm³/mol. The minimum Gasteiger partial charge on any atom is -0.352 e. The molecule has 0 spiro atoms. The zero-order valence-electron chi connectivity index (χ0n) is 19.2. The van der Waals surface area contributed by atoms with Crippen LogP contribution in [0, 0.1) is 0 Å². The van der Waals surface area contributed by atoms with Crippen molar-refractivity contribution in [3.8, 4) is 0 Å². The van der Waals surface area contributed by atoms with Crippen LogP contribution in [-0.2, 0) is 5.54 Å². The molecule has 1 saturated carbocycles. The third kappa shape index (κ3) is 3.97. The van der Waals surface area contributed by atoms with Crippen LogP contribution < -0.4 is 5.32 Å². The Hall–Kier alpha value is -2.59. The van der Waals surface area contributed by atoms with Crippen LogP contribution in [-0.4, -0.2) is 34.1 Å². The first-order valence-electron chi connectivity index (χ1n) is 12.4. The molecule has 3 aromatic rings. The van der Waals surface area contributed by atoms with Gasteiger partial charge >= 0.3 is 0 Å². The van der Waals surface area contributed by atoms with Gasteiger partial charge in [-0.2, -0.15) is 0 Å². The Morgan fingerprint density at radius 3 is 2.34 bits per heavy atom. The molecule has 4 heteroatoms. The maximum atomic E-state index is 4.90. The Morgan fingerprint density at radius 1 is 0.938 bits per heavy atom. The Balaban J connectivity index is 1.41. The molecule has 1 N–H and O–H groups in total. The third-order valence-electron chi connectivity index (χ3n) is 7.68. The van der Waals surface area contributed by atoms with Gasteiger partial charge in [-0.1, -0.05) is 74.2 Å². The summed E-state index contributed by atoms with van der Waals surface area (Å²) in [6.45, 7) is 6.90. The molecule has 32 heavy (non-hydrogen) atoms. The number of aromatic nitrogens is 2. The lowest BCUT2D eigenvalue weighted by Gasteiger charge is -2.48. The van der Waals surface area contributed by atoms with Crippen molar-refractivity contribution in [3.63, 3.8) is 0 Å². The quantitative estimate of drug-likeness (QED) is 0.358. The van der Waals surface area contributed by atoms with Gasteiger partial charge in [0.25, 0.3) is 0 Å². The van der Waals surface area contributed by atoms with Crippen LogP contribution in [0.5, 0.6) is 0 Å². The Labute approximate surface area is 192 Å². The number of piperidine rings is 1. The second-order valence-corrected chi connectivity index (χ2v) is 9.49. The van der Waals surface area contributed by atoms with Gasteiger partial charge in [0.2, 0.25) is 5.95 Å². The topological polar surface area (TPSA) is 33.1 Å². The first-order valence-corrected chi connectivity index (χ1v) is 12.4. The Kier molecular flexibility index (Phi) is 6.31. The van der Waals surface area contributed by atoms with Crippen molar-refractivity contribution in [2.24, 2.45) is 0 Å². The van der Waals surface area contributed by atoms with Crippen LogP contribution >= 0.6 is 0 Å². The molecule has 4 nitrogen and oxygen atoms in total. The van der Waals surface area contributed by atoms with Crippen LogP contribution in [0.1, 0.15) is 63.0 Å². The van der Waals surface area contributed by atoms with Crippen LogP contribution in [0.25, 0.3) is 11.0 Å². The second kappa shape index (κ2) is 9.50. The van der Waals surface area contributed by atoms with E-state index in [4.69, 9.17) is 4.98 Å². The van der Waals surface area contributed by atoms with Crippen LogP contribution in [0.15, 0.2) is 67.3 Å². The summed E-state index contributed by atoms with van der Waals surface area (Å²) in [6.07, 6.45) is 12.3. The zero-order chi connectivity index (χ0) is 21.8. The lowest BCUT2D eigenvalue weighted by Crippen LogP contribution is -2.50. The standard InChI is InChI=1S/C28H36N4/c1-2-20-29-27-30-25-14-8-9-15-26(25)32(27)24-16-21-31(22-17-24)28(18-10-3-4-11-19-28)23-12-6-5-7-13-23/h2,5-9,12-15,24H,1,3-4,10-11,16-22H2,(H,29,30). The number of benzene rings is 2. The fourth-order valence-corrected chi connectivity index (χ4v) is 6.10. The fourth-order valence-electron chi connectivity index (χ4n) is 6.10. The number of rotatable bonds is 6. The second-order valence-electron chi connectivity index (χ2n) is 9.49. The maximum absolute atomic E-state index is 4.90. The summed E-state index contributed by atoms with van der Waals surface area (Å²) in [5.74, 6) is 0.983. The molecule has 0 unspecified atom stereocenters. The number of nitrogens with zero attached hydrogens (tertiary/aromatic N) is 3. The van der Waals surface area contributed by atoms with Crippen LogP contribution in [0.3, 0.4) is 0 Å². The highest BCUT2D eigenvalue weighted by molar-refractivity contribution is 5.78. The van der Waals surface area contributed by atoms with E-state index < -0.39 is 0 Å². The normalized spacial score (nSPS) is 20.1. The van der Waals surface area contributed by atoms with E-state index in [1.165, 1.54) is 49.6 Å². The van der Waals surface area contributed by atoms with Crippen molar-refractivity contribution in [1.82, 2.24) is 14.5 Å². The SMILES string of the molecule is C=CCNc1nc2ccccc2n1C1CCN(C2(c3ccccc3)CCCCCC2)CC1. The average Bonchev–Trinajstić information content (AvgIpc) is 3.03. The summed E-state index contributed by atoms with van der Waals surface area (Å²) in [5.41, 5.74) is 4.06. The summed E-state index contributed by atoms with van der Waals surface area (Å²) in [7, 11) is 0. The van der Waals surface area contributed by atoms with E-state index in [9.17, 15) is 0 Å². The molecule has 2 fully saturated rings. The van der Waals surface area contributed by atoms with E-state index in [0.29, 0.717) is 6.04 Å². The third-order valence-corrected chi connectivity index (χ3v) is 7.68. The van der Waals surface area contributed by atoms with Crippen molar-refractivity contribution in [1.29, 1.82) is 0 Å². The highest BCUT2D eigenvalue weighted by atomic mass is 15.3. The molecule has 168 valence electrons. The largest absolute Gasteiger partial charge is 0.352 e. The number of anilines is 1. The Morgan fingerprint density at radius 2 is 1.62 bits per heavy atom. The first kappa shape index (κ1) is 21.3. The molecule has 0 radical (unpaired) electrons. The minimum atomic E-state index is 0.212. The van der Waals surface area contributed by atoms with Gasteiger partial charge in [-0.05, 0) is 43.4 Å². The highest BCUT2D eigenvalue weighted by Crippen LogP contribution is 2.44. The van der Waals surface area contributed by atoms with Crippen LogP contribution in [0.4, 0.5) is 5.95 Å². The smallest absolute Gasteiger partial charge is 0.204 e. The zero-order valence-corrected chi connectivity index (χ0v) is 19.2. The molecule has 0 bridgehead atoms. The van der Waals surface area contributed by atoms with E-state index >= 15 is 0 Å². The van der Waals surface area contributed by atoms with Gasteiger partial charge in [-0.25, -0.2) is 4.98 Å². The summed E-state index contributed by atoms with van der Waals surface area (Å²) in [5, 5.41) is 3.49. The van der Waals surface area contributed by atoms with E-state index in [2.05, 4.69) is 76.0 Å². The minimum absolute atomic E-state index is 0.212. The van der Waals surface area contributed by atoms with E-state index in [0.717, 1.165) is 43.9 Å². The molecule has 2 aromatic carbocycles. The molecule has 2 aliphatic rings. The molecule has 0 amide bonds. The Bertz CT molecular complexity index is 1020. The molecule has 1 aliphatic carbocycles. The summed E-state index contributed by atoms with van der Waals surface area (Å²) in [6, 6.07) is 20.4. The fraction of sp³-hybridized carbons (Fsp3) is 0.464. The molecule has 0 atom stereocenters.